The molecule has 1 fully saturated rings. The number of likely N-dealkylation sites (N-methyl/N-ethyl adjacent to an activating group) is 1. The van der Waals surface area contributed by atoms with E-state index in [0.717, 1.165) is 12.2 Å². The van der Waals surface area contributed by atoms with E-state index < -0.39 is 0 Å². The summed E-state index contributed by atoms with van der Waals surface area (Å²) in [5.74, 6) is -0.160. The molecule has 5 nitrogen and oxygen atoms in total. The first-order chi connectivity index (χ1) is 8.72. The molecule has 2 atom stereocenters. The Bertz CT molecular complexity index is 494. The molecule has 2 aliphatic rings. The largest absolute Gasteiger partial charge is 0.378 e. The van der Waals surface area contributed by atoms with Gasteiger partial charge in [0, 0.05) is 12.7 Å². The Kier molecular flexibility index (Phi) is 2.87. The van der Waals surface area contributed by atoms with Crippen LogP contribution in [0.2, 0.25) is 5.02 Å². The number of ether oxygens (including phenoxy) is 1. The van der Waals surface area contributed by atoms with E-state index in [4.69, 9.17) is 16.3 Å². The molecule has 1 aromatic rings. The minimum atomic E-state index is -0.145. The third kappa shape index (κ3) is 1.66. The number of halogens is 1. The number of nitrogens with zero attached hydrogens (tertiary/aromatic N) is 2. The second-order valence-corrected chi connectivity index (χ2v) is 4.91. The number of hydrogen-bond donors (Lipinski definition) is 1. The highest BCUT2D eigenvalue weighted by Gasteiger charge is 2.41. The van der Waals surface area contributed by atoms with Crippen LogP contribution in [0.25, 0.3) is 0 Å². The Morgan fingerprint density at radius 3 is 3.17 bits per heavy atom. The van der Waals surface area contributed by atoms with Gasteiger partial charge in [0.2, 0.25) is 5.91 Å². The first kappa shape index (κ1) is 11.7. The van der Waals surface area contributed by atoms with Gasteiger partial charge in [0.15, 0.2) is 0 Å². The van der Waals surface area contributed by atoms with Gasteiger partial charge in [-0.1, -0.05) is 11.6 Å². The molecule has 1 saturated heterocycles. The van der Waals surface area contributed by atoms with Crippen molar-refractivity contribution in [1.29, 1.82) is 0 Å². The number of rotatable bonds is 1. The summed E-state index contributed by atoms with van der Waals surface area (Å²) in [6, 6.07) is 0.0520. The Morgan fingerprint density at radius 1 is 1.56 bits per heavy atom. The van der Waals surface area contributed by atoms with Gasteiger partial charge in [-0.15, -0.1) is 0 Å². The van der Waals surface area contributed by atoms with Crippen molar-refractivity contribution in [2.24, 2.45) is 5.92 Å². The zero-order valence-corrected chi connectivity index (χ0v) is 10.8. The van der Waals surface area contributed by atoms with Gasteiger partial charge in [0.25, 0.3) is 0 Å². The van der Waals surface area contributed by atoms with Gasteiger partial charge in [0.1, 0.15) is 0 Å². The second kappa shape index (κ2) is 4.40. The third-order valence-electron chi connectivity index (χ3n) is 3.55. The lowest BCUT2D eigenvalue weighted by atomic mass is 10.0. The van der Waals surface area contributed by atoms with Crippen LogP contribution >= 0.6 is 11.6 Å². The molecule has 3 heterocycles. The van der Waals surface area contributed by atoms with Crippen molar-refractivity contribution < 1.29 is 9.53 Å². The zero-order valence-electron chi connectivity index (χ0n) is 10.0. The standard InChI is InChI=1S/C12H14ClN3O2/c1-2-16-10-6-18-5-7(10)12(17)15-9-4-14-3-8(13)11(9)16/h3-4,7,10H,2,5-6H2,1H3,(H,15,17). The van der Waals surface area contributed by atoms with E-state index in [-0.39, 0.29) is 17.9 Å². The average Bonchev–Trinajstić information content (AvgIpc) is 2.78. The molecule has 0 bridgehead atoms. The maximum absolute atomic E-state index is 12.1. The van der Waals surface area contributed by atoms with Crippen LogP contribution in [0, 0.1) is 5.92 Å². The van der Waals surface area contributed by atoms with E-state index in [0.29, 0.717) is 23.9 Å². The van der Waals surface area contributed by atoms with Crippen LogP contribution in [-0.4, -0.2) is 36.7 Å². The quantitative estimate of drug-likeness (QED) is 0.838. The summed E-state index contributed by atoms with van der Waals surface area (Å²) in [5.41, 5.74) is 1.53. The topological polar surface area (TPSA) is 54.5 Å². The summed E-state index contributed by atoms with van der Waals surface area (Å²) >= 11 is 6.23. The molecular weight excluding hydrogens is 254 g/mol. The van der Waals surface area contributed by atoms with E-state index in [9.17, 15) is 4.79 Å². The smallest absolute Gasteiger partial charge is 0.232 e. The van der Waals surface area contributed by atoms with Crippen LogP contribution in [-0.2, 0) is 9.53 Å². The molecule has 96 valence electrons. The normalized spacial score (nSPS) is 26.3. The highest BCUT2D eigenvalue weighted by molar-refractivity contribution is 6.34. The summed E-state index contributed by atoms with van der Waals surface area (Å²) in [6.45, 7) is 3.85. The number of amides is 1. The highest BCUT2D eigenvalue weighted by Crippen LogP contribution is 2.39. The van der Waals surface area contributed by atoms with Gasteiger partial charge >= 0.3 is 0 Å². The number of aromatic nitrogens is 1. The maximum Gasteiger partial charge on any atom is 0.232 e. The molecule has 0 radical (unpaired) electrons. The number of anilines is 2. The number of nitrogens with one attached hydrogen (secondary N) is 1. The fraction of sp³-hybridized carbons (Fsp3) is 0.500. The van der Waals surface area contributed by atoms with E-state index in [2.05, 4.69) is 15.2 Å². The zero-order chi connectivity index (χ0) is 12.7. The lowest BCUT2D eigenvalue weighted by molar-refractivity contribution is -0.120. The predicted molar refractivity (Wildman–Crippen MR) is 69.0 cm³/mol. The van der Waals surface area contributed by atoms with Gasteiger partial charge in [-0.3, -0.25) is 9.78 Å². The van der Waals surface area contributed by atoms with Gasteiger partial charge in [-0.25, -0.2) is 0 Å². The van der Waals surface area contributed by atoms with Gasteiger partial charge < -0.3 is 15.0 Å². The Hall–Kier alpha value is -1.33. The van der Waals surface area contributed by atoms with Crippen LogP contribution in [0.1, 0.15) is 6.92 Å². The molecule has 1 aromatic heterocycles. The molecular formula is C12H14ClN3O2. The maximum atomic E-state index is 12.1. The summed E-state index contributed by atoms with van der Waals surface area (Å²) < 4.78 is 5.44. The first-order valence-electron chi connectivity index (χ1n) is 6.01. The first-order valence-corrected chi connectivity index (χ1v) is 6.39. The number of carbonyl (C=O) groups is 1. The minimum absolute atomic E-state index is 0.0150. The number of fused-ring (bicyclic) bond motifs is 2. The van der Waals surface area contributed by atoms with Crippen LogP contribution in [0.15, 0.2) is 12.4 Å². The van der Waals surface area contributed by atoms with Crippen molar-refractivity contribution in [3.05, 3.63) is 17.4 Å². The van der Waals surface area contributed by atoms with Crippen molar-refractivity contribution in [3.8, 4) is 0 Å². The fourth-order valence-electron chi connectivity index (χ4n) is 2.70. The average molecular weight is 268 g/mol. The van der Waals surface area contributed by atoms with Crippen molar-refractivity contribution in [3.63, 3.8) is 0 Å². The SMILES string of the molecule is CCN1c2c(Cl)cncc2NC(=O)C2COCC21. The summed E-state index contributed by atoms with van der Waals surface area (Å²) in [7, 11) is 0. The Morgan fingerprint density at radius 2 is 2.39 bits per heavy atom. The predicted octanol–water partition coefficient (Wildman–Crippen LogP) is 1.53. The molecule has 1 amide bonds. The van der Waals surface area contributed by atoms with E-state index in [1.165, 1.54) is 0 Å². The molecule has 0 saturated carbocycles. The molecule has 1 N–H and O–H groups in total. The fourth-order valence-corrected chi connectivity index (χ4v) is 2.96. The van der Waals surface area contributed by atoms with E-state index in [1.54, 1.807) is 12.4 Å². The summed E-state index contributed by atoms with van der Waals surface area (Å²) in [4.78, 5) is 18.3. The molecule has 0 spiro atoms. The van der Waals surface area contributed by atoms with Crippen LogP contribution < -0.4 is 10.2 Å². The molecule has 2 aliphatic heterocycles. The molecule has 3 rings (SSSR count). The van der Waals surface area contributed by atoms with Gasteiger partial charge in [-0.05, 0) is 6.92 Å². The minimum Gasteiger partial charge on any atom is -0.378 e. The van der Waals surface area contributed by atoms with E-state index in [1.807, 2.05) is 6.92 Å². The lowest BCUT2D eigenvalue weighted by Gasteiger charge is -2.30. The number of hydrogen-bond acceptors (Lipinski definition) is 4. The molecule has 0 aromatic carbocycles. The van der Waals surface area contributed by atoms with Crippen LogP contribution in [0.4, 0.5) is 11.4 Å². The van der Waals surface area contributed by atoms with Gasteiger partial charge in [-0.2, -0.15) is 0 Å². The lowest BCUT2D eigenvalue weighted by Crippen LogP contribution is -2.42. The number of carbonyl (C=O) groups excluding carboxylic acids is 1. The Labute approximate surface area is 110 Å². The van der Waals surface area contributed by atoms with Crippen LogP contribution in [0.3, 0.4) is 0 Å². The summed E-state index contributed by atoms with van der Waals surface area (Å²) in [6.07, 6.45) is 3.25. The summed E-state index contributed by atoms with van der Waals surface area (Å²) in [5, 5.41) is 3.45. The third-order valence-corrected chi connectivity index (χ3v) is 3.82. The van der Waals surface area contributed by atoms with Gasteiger partial charge in [0.05, 0.1) is 47.8 Å². The molecule has 18 heavy (non-hydrogen) atoms. The molecule has 6 heteroatoms. The highest BCUT2D eigenvalue weighted by atomic mass is 35.5. The molecule has 2 unspecified atom stereocenters. The number of pyridine rings is 1. The van der Waals surface area contributed by atoms with E-state index >= 15 is 0 Å². The molecule has 0 aliphatic carbocycles. The van der Waals surface area contributed by atoms with Crippen molar-refractivity contribution in [1.82, 2.24) is 4.98 Å². The van der Waals surface area contributed by atoms with Crippen LogP contribution in [0.5, 0.6) is 0 Å². The van der Waals surface area contributed by atoms with Crippen molar-refractivity contribution >= 4 is 28.9 Å². The van der Waals surface area contributed by atoms with Crippen molar-refractivity contribution in [2.45, 2.75) is 13.0 Å². The monoisotopic (exact) mass is 267 g/mol. The van der Waals surface area contributed by atoms with Crippen molar-refractivity contribution in [2.75, 3.05) is 30.0 Å². The Balaban J connectivity index is 2.14. The second-order valence-electron chi connectivity index (χ2n) is 4.50.